The molecule has 8 heteroatoms. The van der Waals surface area contributed by atoms with E-state index >= 15 is 0 Å². The first-order valence-electron chi connectivity index (χ1n) is 9.82. The lowest BCUT2D eigenvalue weighted by atomic mass is 10.1. The van der Waals surface area contributed by atoms with Crippen LogP contribution in [0.2, 0.25) is 5.02 Å². The number of hydrogen-bond acceptors (Lipinski definition) is 6. The Bertz CT molecular complexity index is 1410. The molecule has 0 spiro atoms. The van der Waals surface area contributed by atoms with Crippen LogP contribution < -0.4 is 4.74 Å². The smallest absolute Gasteiger partial charge is 0.288 e. The molecule has 0 saturated heterocycles. The zero-order valence-corrected chi connectivity index (χ0v) is 17.8. The van der Waals surface area contributed by atoms with Gasteiger partial charge in [-0.2, -0.15) is 0 Å². The summed E-state index contributed by atoms with van der Waals surface area (Å²) in [4.78, 5) is 31.2. The molecular weight excluding hydrogens is 442 g/mol. The second-order valence-corrected chi connectivity index (χ2v) is 7.28. The molecule has 0 aliphatic carbocycles. The molecule has 0 aliphatic rings. The predicted molar refractivity (Wildman–Crippen MR) is 127 cm³/mol. The standard InChI is InChI=1S/C25H16ClN3O4/c26-21-14-10-17(15-23(21)29(31)32)9-12-19(30)13-11-18-5-1-4-8-24(18)33-25-20-6-2-3-7-22(20)27-16-28-25/h1-16H. The molecule has 33 heavy (non-hydrogen) atoms. The molecule has 3 aromatic carbocycles. The third-order valence-electron chi connectivity index (χ3n) is 4.67. The number of carbonyl (C=O) groups excluding carboxylic acids is 1. The number of fused-ring (bicyclic) bond motifs is 1. The number of nitro benzene ring substituents is 1. The van der Waals surface area contributed by atoms with Crippen LogP contribution >= 0.6 is 11.6 Å². The number of allylic oxidation sites excluding steroid dienone is 2. The molecular formula is C25H16ClN3O4. The number of ketones is 1. The zero-order chi connectivity index (χ0) is 23.2. The maximum Gasteiger partial charge on any atom is 0.288 e. The summed E-state index contributed by atoms with van der Waals surface area (Å²) < 4.78 is 6.02. The second kappa shape index (κ2) is 9.84. The van der Waals surface area contributed by atoms with Gasteiger partial charge >= 0.3 is 0 Å². The molecule has 0 bridgehead atoms. The van der Waals surface area contributed by atoms with Gasteiger partial charge < -0.3 is 4.74 Å². The van der Waals surface area contributed by atoms with E-state index in [1.807, 2.05) is 42.5 Å². The molecule has 1 aromatic heterocycles. The summed E-state index contributed by atoms with van der Waals surface area (Å²) >= 11 is 5.81. The molecule has 162 valence electrons. The lowest BCUT2D eigenvalue weighted by Gasteiger charge is -2.09. The van der Waals surface area contributed by atoms with Gasteiger partial charge in [0.2, 0.25) is 5.88 Å². The van der Waals surface area contributed by atoms with Crippen molar-refractivity contribution in [3.05, 3.63) is 111 Å². The average molecular weight is 458 g/mol. The Balaban J connectivity index is 1.52. The van der Waals surface area contributed by atoms with E-state index in [9.17, 15) is 14.9 Å². The maximum absolute atomic E-state index is 12.3. The highest BCUT2D eigenvalue weighted by atomic mass is 35.5. The Kier molecular flexibility index (Phi) is 6.52. The van der Waals surface area contributed by atoms with Crippen molar-refractivity contribution in [3.63, 3.8) is 0 Å². The van der Waals surface area contributed by atoms with Gasteiger partial charge in [-0.05, 0) is 48.1 Å². The number of carbonyl (C=O) groups is 1. The Morgan fingerprint density at radius 1 is 0.970 bits per heavy atom. The van der Waals surface area contributed by atoms with Crippen LogP contribution in [0.3, 0.4) is 0 Å². The lowest BCUT2D eigenvalue weighted by Crippen LogP contribution is -1.93. The molecule has 0 unspecified atom stereocenters. The van der Waals surface area contributed by atoms with Crippen LogP contribution in [0, 0.1) is 10.1 Å². The summed E-state index contributed by atoms with van der Waals surface area (Å²) in [6, 6.07) is 19.1. The number of ether oxygens (including phenoxy) is 1. The number of nitrogens with zero attached hydrogens (tertiary/aromatic N) is 3. The number of rotatable bonds is 7. The highest BCUT2D eigenvalue weighted by molar-refractivity contribution is 6.32. The van der Waals surface area contributed by atoms with Gasteiger partial charge in [-0.15, -0.1) is 0 Å². The van der Waals surface area contributed by atoms with Gasteiger partial charge in [-0.3, -0.25) is 14.9 Å². The normalized spacial score (nSPS) is 11.3. The Morgan fingerprint density at radius 3 is 2.58 bits per heavy atom. The minimum Gasteiger partial charge on any atom is -0.438 e. The molecule has 0 amide bonds. The highest BCUT2D eigenvalue weighted by Gasteiger charge is 2.12. The SMILES string of the molecule is O=C(C=Cc1ccc(Cl)c([N+](=O)[O-])c1)C=Cc1ccccc1Oc1ncnc2ccccc12. The fourth-order valence-electron chi connectivity index (χ4n) is 3.06. The number of aromatic nitrogens is 2. The van der Waals surface area contributed by atoms with E-state index < -0.39 is 4.92 Å². The lowest BCUT2D eigenvalue weighted by molar-refractivity contribution is -0.384. The van der Waals surface area contributed by atoms with Gasteiger partial charge in [0.1, 0.15) is 17.1 Å². The van der Waals surface area contributed by atoms with Crippen LogP contribution in [0.5, 0.6) is 11.6 Å². The molecule has 4 rings (SSSR count). The van der Waals surface area contributed by atoms with Gasteiger partial charge in [0, 0.05) is 11.6 Å². The van der Waals surface area contributed by atoms with E-state index in [-0.39, 0.29) is 16.5 Å². The van der Waals surface area contributed by atoms with Gasteiger partial charge in [0.05, 0.1) is 15.8 Å². The zero-order valence-electron chi connectivity index (χ0n) is 17.1. The molecule has 1 heterocycles. The van der Waals surface area contributed by atoms with Gasteiger partial charge in [0.15, 0.2) is 5.78 Å². The number of halogens is 1. The van der Waals surface area contributed by atoms with Crippen LogP contribution in [0.15, 0.2) is 85.2 Å². The molecule has 4 aromatic rings. The topological polar surface area (TPSA) is 95.2 Å². The minimum absolute atomic E-state index is 0.0384. The largest absolute Gasteiger partial charge is 0.438 e. The van der Waals surface area contributed by atoms with Crippen molar-refractivity contribution in [1.29, 1.82) is 0 Å². The fourth-order valence-corrected chi connectivity index (χ4v) is 3.24. The Morgan fingerprint density at radius 2 is 1.73 bits per heavy atom. The first-order chi connectivity index (χ1) is 16.0. The number of para-hydroxylation sites is 2. The van der Waals surface area contributed by atoms with Crippen molar-refractivity contribution in [2.45, 2.75) is 0 Å². The quantitative estimate of drug-likeness (QED) is 0.184. The third kappa shape index (κ3) is 5.28. The maximum atomic E-state index is 12.3. The fraction of sp³-hybridized carbons (Fsp3) is 0. The van der Waals surface area contributed by atoms with Gasteiger partial charge in [-0.25, -0.2) is 9.97 Å². The van der Waals surface area contributed by atoms with Gasteiger partial charge in [0.25, 0.3) is 5.69 Å². The molecule has 0 N–H and O–H groups in total. The first kappa shape index (κ1) is 21.9. The van der Waals surface area contributed by atoms with E-state index in [0.717, 1.165) is 10.9 Å². The molecule has 0 aliphatic heterocycles. The van der Waals surface area contributed by atoms with Gasteiger partial charge in [-0.1, -0.05) is 54.1 Å². The predicted octanol–water partition coefficient (Wildman–Crippen LogP) is 6.28. The monoisotopic (exact) mass is 457 g/mol. The van der Waals surface area contributed by atoms with Crippen molar-refractivity contribution in [1.82, 2.24) is 9.97 Å². The second-order valence-electron chi connectivity index (χ2n) is 6.87. The molecule has 0 radical (unpaired) electrons. The van der Waals surface area contributed by atoms with E-state index in [1.54, 1.807) is 18.2 Å². The number of hydrogen-bond donors (Lipinski definition) is 0. The van der Waals surface area contributed by atoms with Crippen molar-refractivity contribution in [3.8, 4) is 11.6 Å². The summed E-state index contributed by atoms with van der Waals surface area (Å²) in [5.41, 5.74) is 1.72. The highest BCUT2D eigenvalue weighted by Crippen LogP contribution is 2.29. The van der Waals surface area contributed by atoms with Crippen LogP contribution in [0.1, 0.15) is 11.1 Å². The molecule has 0 saturated carbocycles. The van der Waals surface area contributed by atoms with Crippen LogP contribution in [-0.4, -0.2) is 20.7 Å². The van der Waals surface area contributed by atoms with E-state index in [4.69, 9.17) is 16.3 Å². The first-order valence-corrected chi connectivity index (χ1v) is 10.2. The van der Waals surface area contributed by atoms with Crippen molar-refractivity contribution >= 4 is 46.1 Å². The summed E-state index contributed by atoms with van der Waals surface area (Å²) in [7, 11) is 0. The van der Waals surface area contributed by atoms with Crippen LogP contribution in [-0.2, 0) is 4.79 Å². The summed E-state index contributed by atoms with van der Waals surface area (Å²) in [6.45, 7) is 0. The average Bonchev–Trinajstić information content (AvgIpc) is 2.83. The number of nitro groups is 1. The summed E-state index contributed by atoms with van der Waals surface area (Å²) in [6.07, 6.45) is 7.28. The van der Waals surface area contributed by atoms with Crippen molar-refractivity contribution < 1.29 is 14.5 Å². The van der Waals surface area contributed by atoms with E-state index in [2.05, 4.69) is 9.97 Å². The van der Waals surface area contributed by atoms with Crippen LogP contribution in [0.4, 0.5) is 5.69 Å². The third-order valence-corrected chi connectivity index (χ3v) is 4.99. The van der Waals surface area contributed by atoms with Crippen molar-refractivity contribution in [2.24, 2.45) is 0 Å². The van der Waals surface area contributed by atoms with E-state index in [0.29, 0.717) is 22.8 Å². The molecule has 0 atom stereocenters. The van der Waals surface area contributed by atoms with Crippen molar-refractivity contribution in [2.75, 3.05) is 0 Å². The van der Waals surface area contributed by atoms with E-state index in [1.165, 1.54) is 36.7 Å². The summed E-state index contributed by atoms with van der Waals surface area (Å²) in [5.74, 6) is 0.648. The summed E-state index contributed by atoms with van der Waals surface area (Å²) in [5, 5.41) is 11.8. The number of benzene rings is 3. The minimum atomic E-state index is -0.570. The Hall–Kier alpha value is -4.36. The molecule has 7 nitrogen and oxygen atoms in total. The Labute approximate surface area is 193 Å². The van der Waals surface area contributed by atoms with Crippen LogP contribution in [0.25, 0.3) is 23.1 Å². The molecule has 0 fully saturated rings.